The third-order valence-corrected chi connectivity index (χ3v) is 3.44. The molecule has 1 atom stereocenters. The molecule has 0 saturated carbocycles. The van der Waals surface area contributed by atoms with Crippen LogP contribution in [0.4, 0.5) is 0 Å². The molecule has 2 aromatic carbocycles. The summed E-state index contributed by atoms with van der Waals surface area (Å²) in [5.74, 6) is 0. The zero-order valence-corrected chi connectivity index (χ0v) is 12.3. The van der Waals surface area contributed by atoms with Gasteiger partial charge in [0, 0.05) is 6.54 Å². The van der Waals surface area contributed by atoms with E-state index in [0.717, 1.165) is 18.1 Å². The molecule has 0 aliphatic rings. The molecule has 2 nitrogen and oxygen atoms in total. The Morgan fingerprint density at radius 1 is 1.16 bits per heavy atom. The van der Waals surface area contributed by atoms with Crippen molar-refractivity contribution in [3.8, 4) is 0 Å². The second-order valence-electron chi connectivity index (χ2n) is 4.69. The molecule has 100 valence electrons. The molecule has 0 bridgehead atoms. The predicted molar refractivity (Wildman–Crippen MR) is 86.4 cm³/mol. The van der Waals surface area contributed by atoms with E-state index in [1.165, 1.54) is 16.3 Å². The minimum Gasteiger partial charge on any atom is -0.363 e. The van der Waals surface area contributed by atoms with Gasteiger partial charge >= 0.3 is 0 Å². The lowest BCUT2D eigenvalue weighted by Gasteiger charge is -2.19. The maximum atomic E-state index is 5.30. The quantitative estimate of drug-likeness (QED) is 0.828. The molecule has 0 aliphatic carbocycles. The molecule has 19 heavy (non-hydrogen) atoms. The first-order valence-corrected chi connectivity index (χ1v) is 7.15. The molecule has 0 radical (unpaired) electrons. The van der Waals surface area contributed by atoms with Crippen LogP contribution in [0.1, 0.15) is 31.9 Å². The van der Waals surface area contributed by atoms with Crippen molar-refractivity contribution in [1.29, 1.82) is 0 Å². The van der Waals surface area contributed by atoms with Crippen LogP contribution in [0.15, 0.2) is 42.5 Å². The van der Waals surface area contributed by atoms with Crippen LogP contribution in [0.2, 0.25) is 0 Å². The number of thiocarbonyl (C=S) groups is 1. The average Bonchev–Trinajstić information content (AvgIpc) is 2.44. The molecule has 0 amide bonds. The van der Waals surface area contributed by atoms with E-state index in [9.17, 15) is 0 Å². The van der Waals surface area contributed by atoms with Gasteiger partial charge in [-0.25, -0.2) is 0 Å². The fourth-order valence-electron chi connectivity index (χ4n) is 2.19. The van der Waals surface area contributed by atoms with Crippen LogP contribution in [0.3, 0.4) is 0 Å². The average molecular weight is 272 g/mol. The first kappa shape index (κ1) is 13.8. The zero-order chi connectivity index (χ0) is 13.7. The lowest BCUT2D eigenvalue weighted by molar-refractivity contribution is 0.699. The normalized spacial score (nSPS) is 12.1. The van der Waals surface area contributed by atoms with Crippen LogP contribution in [-0.4, -0.2) is 11.7 Å². The van der Waals surface area contributed by atoms with Crippen molar-refractivity contribution in [3.05, 3.63) is 48.0 Å². The number of nitrogens with one attached hydrogen (secondary N) is 2. The van der Waals surface area contributed by atoms with E-state index in [-0.39, 0.29) is 6.04 Å². The number of benzene rings is 2. The minimum atomic E-state index is 0.197. The highest BCUT2D eigenvalue weighted by Gasteiger charge is 2.09. The summed E-state index contributed by atoms with van der Waals surface area (Å²) in [6.45, 7) is 5.18. The molecule has 0 aliphatic heterocycles. The van der Waals surface area contributed by atoms with Gasteiger partial charge in [0.25, 0.3) is 0 Å². The van der Waals surface area contributed by atoms with Gasteiger partial charge in [-0.3, -0.25) is 0 Å². The molecule has 0 saturated heterocycles. The lowest BCUT2D eigenvalue weighted by atomic mass is 10.00. The van der Waals surface area contributed by atoms with Crippen LogP contribution in [0, 0.1) is 0 Å². The second-order valence-corrected chi connectivity index (χ2v) is 5.10. The summed E-state index contributed by atoms with van der Waals surface area (Å²) in [6.07, 6.45) is 1.07. The third-order valence-electron chi connectivity index (χ3n) is 3.17. The SMILES string of the molecule is CCCNC(=S)N[C@H](C)c1cccc2ccccc12. The van der Waals surface area contributed by atoms with Crippen molar-refractivity contribution in [2.24, 2.45) is 0 Å². The molecule has 2 rings (SSSR count). The Labute approximate surface area is 120 Å². The zero-order valence-electron chi connectivity index (χ0n) is 11.4. The summed E-state index contributed by atoms with van der Waals surface area (Å²) >= 11 is 5.30. The molecule has 0 fully saturated rings. The van der Waals surface area contributed by atoms with Gasteiger partial charge in [0.2, 0.25) is 0 Å². The maximum Gasteiger partial charge on any atom is 0.166 e. The molecule has 0 aromatic heterocycles. The van der Waals surface area contributed by atoms with Crippen molar-refractivity contribution in [2.45, 2.75) is 26.3 Å². The van der Waals surface area contributed by atoms with Gasteiger partial charge in [0.05, 0.1) is 6.04 Å². The molecular weight excluding hydrogens is 252 g/mol. The Kier molecular flexibility index (Phi) is 4.74. The molecular formula is C16H20N2S. The summed E-state index contributed by atoms with van der Waals surface area (Å²) in [5, 5.41) is 9.81. The van der Waals surface area contributed by atoms with Crippen molar-refractivity contribution in [1.82, 2.24) is 10.6 Å². The van der Waals surface area contributed by atoms with Gasteiger partial charge in [-0.05, 0) is 41.9 Å². The van der Waals surface area contributed by atoms with Gasteiger partial charge in [-0.2, -0.15) is 0 Å². The van der Waals surface area contributed by atoms with E-state index in [0.29, 0.717) is 0 Å². The Bertz CT molecular complexity index is 560. The maximum absolute atomic E-state index is 5.30. The lowest BCUT2D eigenvalue weighted by Crippen LogP contribution is -2.37. The van der Waals surface area contributed by atoms with Crippen LogP contribution in [-0.2, 0) is 0 Å². The number of hydrogen-bond donors (Lipinski definition) is 2. The number of rotatable bonds is 4. The Balaban J connectivity index is 2.17. The Morgan fingerprint density at radius 3 is 2.68 bits per heavy atom. The first-order chi connectivity index (χ1) is 9.22. The Morgan fingerprint density at radius 2 is 1.89 bits per heavy atom. The van der Waals surface area contributed by atoms with Crippen molar-refractivity contribution in [2.75, 3.05) is 6.54 Å². The highest BCUT2D eigenvalue weighted by atomic mass is 32.1. The van der Waals surface area contributed by atoms with Gasteiger partial charge < -0.3 is 10.6 Å². The molecule has 0 heterocycles. The number of hydrogen-bond acceptors (Lipinski definition) is 1. The van der Waals surface area contributed by atoms with Crippen molar-refractivity contribution >= 4 is 28.1 Å². The predicted octanol–water partition coefficient (Wildman–Crippen LogP) is 3.77. The Hall–Kier alpha value is -1.61. The standard InChI is InChI=1S/C16H20N2S/c1-3-11-17-16(19)18-12(2)14-10-6-8-13-7-4-5-9-15(13)14/h4-10,12H,3,11H2,1-2H3,(H2,17,18,19)/t12-/m1/s1. The highest BCUT2D eigenvalue weighted by Crippen LogP contribution is 2.23. The topological polar surface area (TPSA) is 24.1 Å². The summed E-state index contributed by atoms with van der Waals surface area (Å²) in [6, 6.07) is 15.0. The van der Waals surface area contributed by atoms with Crippen LogP contribution in [0.25, 0.3) is 10.8 Å². The van der Waals surface area contributed by atoms with E-state index < -0.39 is 0 Å². The van der Waals surface area contributed by atoms with Crippen LogP contribution < -0.4 is 10.6 Å². The van der Waals surface area contributed by atoms with Crippen molar-refractivity contribution < 1.29 is 0 Å². The van der Waals surface area contributed by atoms with E-state index in [1.807, 2.05) is 0 Å². The fraction of sp³-hybridized carbons (Fsp3) is 0.312. The summed E-state index contributed by atoms with van der Waals surface area (Å²) in [7, 11) is 0. The first-order valence-electron chi connectivity index (χ1n) is 6.74. The largest absolute Gasteiger partial charge is 0.363 e. The fourth-order valence-corrected chi connectivity index (χ4v) is 2.47. The van der Waals surface area contributed by atoms with E-state index in [4.69, 9.17) is 12.2 Å². The van der Waals surface area contributed by atoms with E-state index >= 15 is 0 Å². The minimum absolute atomic E-state index is 0.197. The van der Waals surface area contributed by atoms with Crippen LogP contribution >= 0.6 is 12.2 Å². The smallest absolute Gasteiger partial charge is 0.166 e. The van der Waals surface area contributed by atoms with E-state index in [2.05, 4.69) is 66.9 Å². The monoisotopic (exact) mass is 272 g/mol. The molecule has 2 N–H and O–H groups in total. The molecule has 0 spiro atoms. The molecule has 0 unspecified atom stereocenters. The third kappa shape index (κ3) is 3.44. The number of fused-ring (bicyclic) bond motifs is 1. The van der Waals surface area contributed by atoms with Gasteiger partial charge in [0.15, 0.2) is 5.11 Å². The van der Waals surface area contributed by atoms with E-state index in [1.54, 1.807) is 0 Å². The van der Waals surface area contributed by atoms with Crippen LogP contribution in [0.5, 0.6) is 0 Å². The molecule has 2 aromatic rings. The summed E-state index contributed by atoms with van der Waals surface area (Å²) in [4.78, 5) is 0. The van der Waals surface area contributed by atoms with Gasteiger partial charge in [-0.1, -0.05) is 49.4 Å². The highest BCUT2D eigenvalue weighted by molar-refractivity contribution is 7.80. The second kappa shape index (κ2) is 6.53. The van der Waals surface area contributed by atoms with Crippen molar-refractivity contribution in [3.63, 3.8) is 0 Å². The summed E-state index contributed by atoms with van der Waals surface area (Å²) < 4.78 is 0. The molecule has 3 heteroatoms. The summed E-state index contributed by atoms with van der Waals surface area (Å²) in [5.41, 5.74) is 1.28. The van der Waals surface area contributed by atoms with Gasteiger partial charge in [-0.15, -0.1) is 0 Å². The van der Waals surface area contributed by atoms with Gasteiger partial charge in [0.1, 0.15) is 0 Å².